The Balaban J connectivity index is 1.17. The minimum absolute atomic E-state index is 0.0727. The highest BCUT2D eigenvalue weighted by atomic mass is 16.3. The normalized spacial score (nSPS) is 12.7. The molecule has 0 N–H and O–H groups in total. The number of nitrogens with zero attached hydrogens (tertiary/aromatic N) is 1. The molecule has 8 aromatic carbocycles. The van der Waals surface area contributed by atoms with Gasteiger partial charge in [0.2, 0.25) is 0 Å². The lowest BCUT2D eigenvalue weighted by molar-refractivity contribution is 0.590. The van der Waals surface area contributed by atoms with Crippen LogP contribution in [0.5, 0.6) is 0 Å². The number of hydrogen-bond donors (Lipinski definition) is 0. The summed E-state index contributed by atoms with van der Waals surface area (Å²) in [6.45, 7) is 6.82. The summed E-state index contributed by atoms with van der Waals surface area (Å²) in [5, 5.41) is 4.91. The van der Waals surface area contributed by atoms with Gasteiger partial charge < -0.3 is 9.32 Å². The Kier molecular flexibility index (Phi) is 8.91. The highest BCUT2D eigenvalue weighted by Gasteiger charge is 2.23. The smallest absolute Gasteiger partial charge is 0.136 e. The SMILES string of the molecule is CC(C)(C)c1ccc(-c2ccccc2N(c2ccc(-c3ccc4c(c3)oc3ccccc34)cc2)c2ccccc2C2=c3c(-c4ccccc4)cccc3=CCC2)cc1. The molecule has 10 rings (SSSR count). The molecule has 1 aliphatic carbocycles. The molecule has 0 bridgehead atoms. The van der Waals surface area contributed by atoms with Gasteiger partial charge in [0.25, 0.3) is 0 Å². The van der Waals surface area contributed by atoms with Crippen LogP contribution in [0, 0.1) is 0 Å². The lowest BCUT2D eigenvalue weighted by Crippen LogP contribution is -2.32. The standard InChI is InChI=1S/C56H45NO/c1-56(2,3)43-32-27-40(28-33-43)45-19-7-10-24-51(45)57(44-34-29-38(30-35-44)42-31-36-49-48-21-9-12-26-53(48)58-54(49)37-42)52-25-11-8-20-47(52)50-23-14-18-41-17-13-22-46(55(41)50)39-15-5-4-6-16-39/h4-13,15-22,24-37H,14,23H2,1-3H3. The van der Waals surface area contributed by atoms with Crippen molar-refractivity contribution in [2.75, 3.05) is 4.90 Å². The van der Waals surface area contributed by atoms with E-state index in [0.29, 0.717) is 0 Å². The molecule has 58 heavy (non-hydrogen) atoms. The Labute approximate surface area is 340 Å². The monoisotopic (exact) mass is 747 g/mol. The Morgan fingerprint density at radius 2 is 1.07 bits per heavy atom. The predicted molar refractivity (Wildman–Crippen MR) is 245 cm³/mol. The van der Waals surface area contributed by atoms with Crippen molar-refractivity contribution in [1.29, 1.82) is 0 Å². The quantitative estimate of drug-likeness (QED) is 0.161. The van der Waals surface area contributed by atoms with E-state index in [1.807, 2.05) is 12.1 Å². The fourth-order valence-corrected chi connectivity index (χ4v) is 8.80. The molecule has 0 fully saturated rings. The topological polar surface area (TPSA) is 16.4 Å². The molecule has 0 atom stereocenters. The van der Waals surface area contributed by atoms with Crippen LogP contribution in [0.3, 0.4) is 0 Å². The summed E-state index contributed by atoms with van der Waals surface area (Å²) < 4.78 is 6.29. The maximum absolute atomic E-state index is 6.29. The van der Waals surface area contributed by atoms with Crippen molar-refractivity contribution in [3.05, 3.63) is 210 Å². The van der Waals surface area contributed by atoms with Gasteiger partial charge in [0.1, 0.15) is 11.2 Å². The fourth-order valence-electron chi connectivity index (χ4n) is 8.80. The number of benzene rings is 8. The van der Waals surface area contributed by atoms with Crippen LogP contribution in [0.25, 0.3) is 67.0 Å². The van der Waals surface area contributed by atoms with Gasteiger partial charge in [-0.05, 0) is 110 Å². The van der Waals surface area contributed by atoms with Crippen molar-refractivity contribution in [2.24, 2.45) is 0 Å². The summed E-state index contributed by atoms with van der Waals surface area (Å²) in [7, 11) is 0. The molecule has 0 aliphatic heterocycles. The van der Waals surface area contributed by atoms with Gasteiger partial charge in [-0.1, -0.05) is 172 Å². The van der Waals surface area contributed by atoms with Crippen molar-refractivity contribution in [2.45, 2.75) is 39.0 Å². The zero-order valence-corrected chi connectivity index (χ0v) is 33.2. The molecule has 0 unspecified atom stereocenters. The minimum atomic E-state index is 0.0727. The van der Waals surface area contributed by atoms with Crippen molar-refractivity contribution in [1.82, 2.24) is 0 Å². The van der Waals surface area contributed by atoms with E-state index in [1.54, 1.807) is 0 Å². The van der Waals surface area contributed by atoms with Crippen LogP contribution < -0.4 is 15.3 Å². The van der Waals surface area contributed by atoms with E-state index in [9.17, 15) is 0 Å². The zero-order chi connectivity index (χ0) is 39.2. The predicted octanol–water partition coefficient (Wildman–Crippen LogP) is 14.1. The Bertz CT molecular complexity index is 3070. The first-order valence-electron chi connectivity index (χ1n) is 20.4. The van der Waals surface area contributed by atoms with Crippen LogP contribution in [0.15, 0.2) is 192 Å². The second-order valence-electron chi connectivity index (χ2n) is 16.4. The first kappa shape index (κ1) is 35.5. The third-order valence-electron chi connectivity index (χ3n) is 11.8. The maximum atomic E-state index is 6.29. The lowest BCUT2D eigenvalue weighted by atomic mass is 9.86. The summed E-state index contributed by atoms with van der Waals surface area (Å²) in [4.78, 5) is 2.48. The van der Waals surface area contributed by atoms with Gasteiger partial charge in [-0.25, -0.2) is 0 Å². The number of anilines is 3. The molecule has 1 aliphatic rings. The summed E-state index contributed by atoms with van der Waals surface area (Å²) >= 11 is 0. The molecule has 1 heterocycles. The summed E-state index contributed by atoms with van der Waals surface area (Å²) in [6.07, 6.45) is 4.36. The molecule has 2 nitrogen and oxygen atoms in total. The second-order valence-corrected chi connectivity index (χ2v) is 16.4. The molecule has 0 saturated carbocycles. The Morgan fingerprint density at radius 3 is 1.84 bits per heavy atom. The van der Waals surface area contributed by atoms with Crippen LogP contribution in [-0.4, -0.2) is 0 Å². The van der Waals surface area contributed by atoms with E-state index >= 15 is 0 Å². The molecule has 0 spiro atoms. The van der Waals surface area contributed by atoms with Gasteiger partial charge in [0, 0.05) is 27.6 Å². The Morgan fingerprint density at radius 1 is 0.466 bits per heavy atom. The molecule has 0 saturated heterocycles. The van der Waals surface area contributed by atoms with E-state index < -0.39 is 0 Å². The van der Waals surface area contributed by atoms with Gasteiger partial charge in [-0.15, -0.1) is 0 Å². The zero-order valence-electron chi connectivity index (χ0n) is 33.2. The van der Waals surface area contributed by atoms with E-state index in [-0.39, 0.29) is 5.41 Å². The average Bonchev–Trinajstić information content (AvgIpc) is 3.65. The van der Waals surface area contributed by atoms with Crippen LogP contribution in [-0.2, 0) is 5.41 Å². The van der Waals surface area contributed by atoms with Gasteiger partial charge in [0.05, 0.1) is 11.4 Å². The van der Waals surface area contributed by atoms with Crippen molar-refractivity contribution >= 4 is 50.6 Å². The van der Waals surface area contributed by atoms with E-state index in [1.165, 1.54) is 49.4 Å². The van der Waals surface area contributed by atoms with Crippen LogP contribution >= 0.6 is 0 Å². The van der Waals surface area contributed by atoms with E-state index in [2.05, 4.69) is 208 Å². The van der Waals surface area contributed by atoms with Gasteiger partial charge in [-0.3, -0.25) is 0 Å². The molecule has 280 valence electrons. The first-order chi connectivity index (χ1) is 28.4. The van der Waals surface area contributed by atoms with Crippen molar-refractivity contribution < 1.29 is 4.42 Å². The third kappa shape index (κ3) is 6.41. The molecule has 2 heteroatoms. The molecular weight excluding hydrogens is 703 g/mol. The van der Waals surface area contributed by atoms with Crippen LogP contribution in [0.2, 0.25) is 0 Å². The summed E-state index contributed by atoms with van der Waals surface area (Å²) in [5.74, 6) is 0. The summed E-state index contributed by atoms with van der Waals surface area (Å²) in [6, 6.07) is 68.5. The molecule has 1 aromatic heterocycles. The molecule has 9 aromatic rings. The highest BCUT2D eigenvalue weighted by Crippen LogP contribution is 2.45. The largest absolute Gasteiger partial charge is 0.456 e. The fraction of sp³-hybridized carbons (Fsp3) is 0.107. The third-order valence-corrected chi connectivity index (χ3v) is 11.8. The number of fused-ring (bicyclic) bond motifs is 4. The van der Waals surface area contributed by atoms with E-state index in [4.69, 9.17) is 4.42 Å². The Hall–Kier alpha value is -6.90. The molecule has 0 radical (unpaired) electrons. The van der Waals surface area contributed by atoms with Crippen molar-refractivity contribution in [3.8, 4) is 33.4 Å². The first-order valence-corrected chi connectivity index (χ1v) is 20.4. The second kappa shape index (κ2) is 14.6. The van der Waals surface area contributed by atoms with Crippen LogP contribution in [0.1, 0.15) is 44.7 Å². The maximum Gasteiger partial charge on any atom is 0.136 e. The number of furan rings is 1. The summed E-state index contributed by atoms with van der Waals surface area (Å²) in [5.41, 5.74) is 16.4. The van der Waals surface area contributed by atoms with Crippen molar-refractivity contribution in [3.63, 3.8) is 0 Å². The average molecular weight is 748 g/mol. The van der Waals surface area contributed by atoms with Gasteiger partial charge in [-0.2, -0.15) is 0 Å². The van der Waals surface area contributed by atoms with E-state index in [0.717, 1.165) is 63.0 Å². The van der Waals surface area contributed by atoms with Gasteiger partial charge in [0.15, 0.2) is 0 Å². The van der Waals surface area contributed by atoms with Crippen LogP contribution in [0.4, 0.5) is 17.1 Å². The number of hydrogen-bond acceptors (Lipinski definition) is 2. The highest BCUT2D eigenvalue weighted by molar-refractivity contribution is 6.06. The minimum Gasteiger partial charge on any atom is -0.456 e. The molecular formula is C56H45NO. The number of para-hydroxylation sites is 3. The lowest BCUT2D eigenvalue weighted by Gasteiger charge is -2.31. The van der Waals surface area contributed by atoms with Gasteiger partial charge >= 0.3 is 0 Å². The number of rotatable bonds is 7. The molecule has 0 amide bonds.